The van der Waals surface area contributed by atoms with Gasteiger partial charge < -0.3 is 15.5 Å². The maximum Gasteiger partial charge on any atom is 0.205 e. The van der Waals surface area contributed by atoms with Crippen molar-refractivity contribution in [1.82, 2.24) is 9.97 Å². The third kappa shape index (κ3) is 4.07. The van der Waals surface area contributed by atoms with Gasteiger partial charge in [-0.1, -0.05) is 26.2 Å². The van der Waals surface area contributed by atoms with Crippen molar-refractivity contribution in [3.63, 3.8) is 0 Å². The van der Waals surface area contributed by atoms with Crippen LogP contribution in [0.4, 0.5) is 11.6 Å². The molecule has 0 aromatic carbocycles. The molecule has 0 aliphatic carbocycles. The molecule has 0 aliphatic rings. The first-order valence-corrected chi connectivity index (χ1v) is 5.93. The molecule has 0 atom stereocenters. The van der Waals surface area contributed by atoms with E-state index in [1.165, 1.54) is 25.6 Å². The van der Waals surface area contributed by atoms with Crippen LogP contribution in [0.1, 0.15) is 32.6 Å². The lowest BCUT2D eigenvalue weighted by atomic mass is 10.2. The zero-order chi connectivity index (χ0) is 12.5. The Kier molecular flexibility index (Phi) is 6.09. The quantitative estimate of drug-likeness (QED) is 0.364. The van der Waals surface area contributed by atoms with Gasteiger partial charge in [-0.3, -0.25) is 0 Å². The van der Waals surface area contributed by atoms with Crippen LogP contribution in [-0.2, 0) is 0 Å². The number of nitrogens with two attached hydrogens (primary N) is 1. The molecule has 0 fully saturated rings. The molecule has 6 nitrogen and oxygen atoms in total. The Morgan fingerprint density at radius 1 is 1.24 bits per heavy atom. The summed E-state index contributed by atoms with van der Waals surface area (Å²) in [6.45, 7) is 3.07. The average Bonchev–Trinajstić information content (AvgIpc) is 2.38. The first-order valence-electron chi connectivity index (χ1n) is 5.93. The smallest absolute Gasteiger partial charge is 0.205 e. The highest BCUT2D eigenvalue weighted by atomic mass is 16.5. The van der Waals surface area contributed by atoms with Crippen LogP contribution in [0.3, 0.4) is 0 Å². The number of unbranched alkanes of at least 4 members (excludes halogenated alkanes) is 3. The standard InChI is InChI=1S/C11H21N5O/c1-3-4-5-6-7-13-10-9(17-2)11(16-12)15-8-14-10/h8H,3-7,12H2,1-2H3,(H2,13,14,15,16). The fourth-order valence-corrected chi connectivity index (χ4v) is 1.55. The predicted molar refractivity (Wildman–Crippen MR) is 69.0 cm³/mol. The second-order valence-corrected chi connectivity index (χ2v) is 3.74. The average molecular weight is 239 g/mol. The van der Waals surface area contributed by atoms with Gasteiger partial charge in [-0.05, 0) is 6.42 Å². The summed E-state index contributed by atoms with van der Waals surface area (Å²) in [6, 6.07) is 0. The van der Waals surface area contributed by atoms with E-state index in [0.717, 1.165) is 13.0 Å². The third-order valence-electron chi connectivity index (χ3n) is 2.47. The zero-order valence-electron chi connectivity index (χ0n) is 10.5. The Hall–Kier alpha value is -1.56. The minimum Gasteiger partial charge on any atom is -0.490 e. The molecular formula is C11H21N5O. The molecule has 0 radical (unpaired) electrons. The van der Waals surface area contributed by atoms with Crippen LogP contribution >= 0.6 is 0 Å². The van der Waals surface area contributed by atoms with Gasteiger partial charge in [0.05, 0.1) is 7.11 Å². The van der Waals surface area contributed by atoms with Crippen LogP contribution < -0.4 is 21.3 Å². The Bertz CT molecular complexity index is 332. The molecule has 0 saturated carbocycles. The number of anilines is 2. The van der Waals surface area contributed by atoms with Crippen molar-refractivity contribution < 1.29 is 4.74 Å². The van der Waals surface area contributed by atoms with Gasteiger partial charge in [-0.15, -0.1) is 0 Å². The van der Waals surface area contributed by atoms with Crippen LogP contribution in [0.15, 0.2) is 6.33 Å². The fourth-order valence-electron chi connectivity index (χ4n) is 1.55. The fraction of sp³-hybridized carbons (Fsp3) is 0.636. The molecule has 0 bridgehead atoms. The summed E-state index contributed by atoms with van der Waals surface area (Å²) in [6.07, 6.45) is 6.29. The van der Waals surface area contributed by atoms with Crippen LogP contribution in [0.25, 0.3) is 0 Å². The van der Waals surface area contributed by atoms with Crippen LogP contribution in [0, 0.1) is 0 Å². The van der Waals surface area contributed by atoms with Crippen LogP contribution in [0.2, 0.25) is 0 Å². The molecule has 96 valence electrons. The van der Waals surface area contributed by atoms with Crippen molar-refractivity contribution in [3.05, 3.63) is 6.33 Å². The highest BCUT2D eigenvalue weighted by Gasteiger charge is 2.10. The third-order valence-corrected chi connectivity index (χ3v) is 2.47. The van der Waals surface area contributed by atoms with E-state index in [-0.39, 0.29) is 0 Å². The van der Waals surface area contributed by atoms with E-state index in [4.69, 9.17) is 10.6 Å². The molecule has 0 aliphatic heterocycles. The maximum absolute atomic E-state index is 5.34. The van der Waals surface area contributed by atoms with E-state index < -0.39 is 0 Å². The molecule has 1 heterocycles. The second kappa shape index (κ2) is 7.67. The number of ether oxygens (including phenoxy) is 1. The molecule has 1 rings (SSSR count). The van der Waals surface area contributed by atoms with Crippen molar-refractivity contribution in [2.75, 3.05) is 24.4 Å². The van der Waals surface area contributed by atoms with Crippen molar-refractivity contribution in [2.24, 2.45) is 5.84 Å². The van der Waals surface area contributed by atoms with E-state index in [9.17, 15) is 0 Å². The topological polar surface area (TPSA) is 85.1 Å². The molecule has 0 spiro atoms. The summed E-state index contributed by atoms with van der Waals surface area (Å²) < 4.78 is 5.22. The number of nitrogens with zero attached hydrogens (tertiary/aromatic N) is 2. The van der Waals surface area contributed by atoms with Gasteiger partial charge in [0.1, 0.15) is 6.33 Å². The zero-order valence-corrected chi connectivity index (χ0v) is 10.5. The highest BCUT2D eigenvalue weighted by molar-refractivity contribution is 5.62. The predicted octanol–water partition coefficient (Wildman–Crippen LogP) is 1.76. The van der Waals surface area contributed by atoms with E-state index in [1.807, 2.05) is 0 Å². The number of nitrogen functional groups attached to an aromatic ring is 1. The van der Waals surface area contributed by atoms with Gasteiger partial charge in [-0.25, -0.2) is 15.8 Å². The van der Waals surface area contributed by atoms with Gasteiger partial charge in [-0.2, -0.15) is 0 Å². The molecule has 0 saturated heterocycles. The first kappa shape index (κ1) is 13.5. The molecule has 1 aromatic rings. The van der Waals surface area contributed by atoms with E-state index in [2.05, 4.69) is 27.6 Å². The highest BCUT2D eigenvalue weighted by Crippen LogP contribution is 2.27. The SMILES string of the molecule is CCCCCCNc1ncnc(NN)c1OC. The van der Waals surface area contributed by atoms with Gasteiger partial charge in [0.25, 0.3) is 0 Å². The summed E-state index contributed by atoms with van der Waals surface area (Å²) in [4.78, 5) is 8.11. The van der Waals surface area contributed by atoms with Crippen molar-refractivity contribution in [3.8, 4) is 5.75 Å². The number of aromatic nitrogens is 2. The summed E-state index contributed by atoms with van der Waals surface area (Å²) in [5, 5.41) is 3.23. The number of hydrazine groups is 1. The minimum atomic E-state index is 0.485. The largest absolute Gasteiger partial charge is 0.490 e. The van der Waals surface area contributed by atoms with Crippen molar-refractivity contribution in [2.45, 2.75) is 32.6 Å². The maximum atomic E-state index is 5.34. The molecule has 17 heavy (non-hydrogen) atoms. The second-order valence-electron chi connectivity index (χ2n) is 3.74. The lowest BCUT2D eigenvalue weighted by molar-refractivity contribution is 0.414. The number of nitrogens with one attached hydrogen (secondary N) is 2. The van der Waals surface area contributed by atoms with Gasteiger partial charge in [0.2, 0.25) is 5.75 Å². The Morgan fingerprint density at radius 2 is 2.00 bits per heavy atom. The summed E-state index contributed by atoms with van der Waals surface area (Å²) in [7, 11) is 1.57. The number of hydrogen-bond acceptors (Lipinski definition) is 6. The van der Waals surface area contributed by atoms with E-state index in [0.29, 0.717) is 17.4 Å². The number of rotatable bonds is 8. The Labute approximate surface area is 102 Å². The number of hydrogen-bond donors (Lipinski definition) is 3. The Balaban J connectivity index is 2.52. The van der Waals surface area contributed by atoms with Crippen LogP contribution in [0.5, 0.6) is 5.75 Å². The van der Waals surface area contributed by atoms with Gasteiger partial charge in [0.15, 0.2) is 11.6 Å². The van der Waals surface area contributed by atoms with Gasteiger partial charge in [0, 0.05) is 6.54 Å². The molecule has 4 N–H and O–H groups in total. The number of methoxy groups -OCH3 is 1. The molecule has 0 amide bonds. The molecule has 6 heteroatoms. The molecular weight excluding hydrogens is 218 g/mol. The van der Waals surface area contributed by atoms with E-state index in [1.54, 1.807) is 7.11 Å². The lowest BCUT2D eigenvalue weighted by Gasteiger charge is -2.12. The molecule has 0 unspecified atom stereocenters. The monoisotopic (exact) mass is 239 g/mol. The minimum absolute atomic E-state index is 0.485. The summed E-state index contributed by atoms with van der Waals surface area (Å²) in [5.74, 6) is 7.05. The normalized spacial score (nSPS) is 10.1. The van der Waals surface area contributed by atoms with Crippen LogP contribution in [-0.4, -0.2) is 23.6 Å². The van der Waals surface area contributed by atoms with Crippen molar-refractivity contribution >= 4 is 11.6 Å². The Morgan fingerprint density at radius 3 is 2.65 bits per heavy atom. The molecule has 1 aromatic heterocycles. The first-order chi connectivity index (χ1) is 8.33. The summed E-state index contributed by atoms with van der Waals surface area (Å²) in [5.41, 5.74) is 2.48. The van der Waals surface area contributed by atoms with Crippen molar-refractivity contribution in [1.29, 1.82) is 0 Å². The van der Waals surface area contributed by atoms with E-state index >= 15 is 0 Å². The summed E-state index contributed by atoms with van der Waals surface area (Å²) >= 11 is 0. The van der Waals surface area contributed by atoms with Gasteiger partial charge >= 0.3 is 0 Å². The lowest BCUT2D eigenvalue weighted by Crippen LogP contribution is -2.13.